The van der Waals surface area contributed by atoms with Crippen LogP contribution in [0.5, 0.6) is 5.75 Å². The third kappa shape index (κ3) is 6.12. The summed E-state index contributed by atoms with van der Waals surface area (Å²) in [5.74, 6) is 4.15. The first-order chi connectivity index (χ1) is 13.9. The Balaban J connectivity index is 2.06. The molecule has 0 aromatic heterocycles. The highest BCUT2D eigenvalue weighted by Crippen LogP contribution is 2.38. The second kappa shape index (κ2) is 10.7. The van der Waals surface area contributed by atoms with Crippen molar-refractivity contribution < 1.29 is 14.3 Å². The Morgan fingerprint density at radius 2 is 2.00 bits per heavy atom. The van der Waals surface area contributed by atoms with Gasteiger partial charge in [-0.15, -0.1) is 6.42 Å². The normalized spacial score (nSPS) is 21.1. The molecule has 2 amide bonds. The van der Waals surface area contributed by atoms with E-state index in [0.717, 1.165) is 6.42 Å². The lowest BCUT2D eigenvalue weighted by atomic mass is 9.69. The molecule has 0 fully saturated rings. The predicted octanol–water partition coefficient (Wildman–Crippen LogP) is 3.42. The van der Waals surface area contributed by atoms with Gasteiger partial charge in [0.2, 0.25) is 5.91 Å². The van der Waals surface area contributed by atoms with Gasteiger partial charge in [-0.2, -0.15) is 0 Å². The number of terminal acetylenes is 1. The molecule has 29 heavy (non-hydrogen) atoms. The molecule has 0 heterocycles. The maximum absolute atomic E-state index is 12.7. The van der Waals surface area contributed by atoms with Gasteiger partial charge in [0.1, 0.15) is 5.75 Å². The van der Waals surface area contributed by atoms with Crippen LogP contribution in [-0.2, 0) is 4.79 Å². The van der Waals surface area contributed by atoms with Crippen molar-refractivity contribution in [1.82, 2.24) is 10.6 Å². The van der Waals surface area contributed by atoms with Crippen LogP contribution in [0.15, 0.2) is 35.9 Å². The lowest BCUT2D eigenvalue weighted by molar-refractivity contribution is -0.121. The molecule has 2 N–H and O–H groups in total. The van der Waals surface area contributed by atoms with Crippen LogP contribution in [0.2, 0.25) is 0 Å². The molecule has 1 aliphatic rings. The smallest absolute Gasteiger partial charge is 0.255 e. The van der Waals surface area contributed by atoms with Gasteiger partial charge in [0, 0.05) is 13.0 Å². The Hall–Kier alpha value is -2.74. The molecule has 5 nitrogen and oxygen atoms in total. The quantitative estimate of drug-likeness (QED) is 0.523. The van der Waals surface area contributed by atoms with Gasteiger partial charge < -0.3 is 15.4 Å². The zero-order valence-electron chi connectivity index (χ0n) is 17.8. The zero-order valence-corrected chi connectivity index (χ0v) is 17.8. The summed E-state index contributed by atoms with van der Waals surface area (Å²) in [4.78, 5) is 24.8. The summed E-state index contributed by atoms with van der Waals surface area (Å²) < 4.78 is 5.29. The summed E-state index contributed by atoms with van der Waals surface area (Å²) in [7, 11) is 1.56. The second-order valence-electron chi connectivity index (χ2n) is 8.01. The molecule has 156 valence electrons. The highest BCUT2D eigenvalue weighted by atomic mass is 16.5. The van der Waals surface area contributed by atoms with E-state index in [9.17, 15) is 9.59 Å². The topological polar surface area (TPSA) is 67.4 Å². The van der Waals surface area contributed by atoms with Crippen LogP contribution in [0.25, 0.3) is 0 Å². The molecule has 2 rings (SSSR count). The summed E-state index contributed by atoms with van der Waals surface area (Å²) >= 11 is 0. The van der Waals surface area contributed by atoms with Gasteiger partial charge >= 0.3 is 0 Å². The molecular weight excluding hydrogens is 364 g/mol. The number of amides is 2. The van der Waals surface area contributed by atoms with Gasteiger partial charge in [-0.1, -0.05) is 43.5 Å². The standard InChI is InChI=1S/C24H32N2O3/c1-6-11-25-23(27)14-18-13-21(16(2)3)19(12-17(18)4)15-26-24(28)20-9-7-8-10-22(20)29-5/h1,7-10,12,16,18-19,21H,11,13-15H2,2-5H3,(H,25,27)(H,26,28)/t18-,19-,21-/m0/s1. The average Bonchev–Trinajstić information content (AvgIpc) is 2.71. The molecule has 1 aromatic carbocycles. The van der Waals surface area contributed by atoms with Gasteiger partial charge in [-0.25, -0.2) is 0 Å². The molecule has 1 aliphatic carbocycles. The van der Waals surface area contributed by atoms with Crippen LogP contribution in [-0.4, -0.2) is 32.0 Å². The van der Waals surface area contributed by atoms with E-state index >= 15 is 0 Å². The Labute approximate surface area is 174 Å². The average molecular weight is 397 g/mol. The van der Waals surface area contributed by atoms with E-state index < -0.39 is 0 Å². The molecule has 0 unspecified atom stereocenters. The minimum Gasteiger partial charge on any atom is -0.496 e. The van der Waals surface area contributed by atoms with Crippen LogP contribution in [0, 0.1) is 36.0 Å². The number of benzene rings is 1. The van der Waals surface area contributed by atoms with E-state index in [1.54, 1.807) is 19.2 Å². The lowest BCUT2D eigenvalue weighted by Crippen LogP contribution is -2.37. The maximum atomic E-state index is 12.7. The molecule has 0 bridgehead atoms. The summed E-state index contributed by atoms with van der Waals surface area (Å²) in [5, 5.41) is 5.82. The number of hydrogen-bond donors (Lipinski definition) is 2. The van der Waals surface area contributed by atoms with Gasteiger partial charge in [0.05, 0.1) is 19.2 Å². The Bertz CT molecular complexity index is 792. The molecule has 1 aromatic rings. The van der Waals surface area contributed by atoms with Crippen molar-refractivity contribution in [2.24, 2.45) is 23.7 Å². The van der Waals surface area contributed by atoms with Crippen molar-refractivity contribution in [2.45, 2.75) is 33.6 Å². The van der Waals surface area contributed by atoms with Crippen molar-refractivity contribution in [2.75, 3.05) is 20.2 Å². The largest absolute Gasteiger partial charge is 0.496 e. The van der Waals surface area contributed by atoms with Crippen molar-refractivity contribution in [1.29, 1.82) is 0 Å². The van der Waals surface area contributed by atoms with E-state index in [2.05, 4.69) is 43.4 Å². The highest BCUT2D eigenvalue weighted by Gasteiger charge is 2.32. The monoisotopic (exact) mass is 396 g/mol. The van der Waals surface area contributed by atoms with Gasteiger partial charge in [0.15, 0.2) is 0 Å². The number of hydrogen-bond acceptors (Lipinski definition) is 3. The number of carbonyl (C=O) groups excluding carboxylic acids is 2. The molecule has 0 radical (unpaired) electrons. The van der Waals surface area contributed by atoms with Crippen molar-refractivity contribution in [3.63, 3.8) is 0 Å². The van der Waals surface area contributed by atoms with Gasteiger partial charge in [0.25, 0.3) is 5.91 Å². The van der Waals surface area contributed by atoms with Crippen molar-refractivity contribution in [3.8, 4) is 18.1 Å². The summed E-state index contributed by atoms with van der Waals surface area (Å²) in [6.07, 6.45) is 8.83. The molecule has 0 spiro atoms. The summed E-state index contributed by atoms with van der Waals surface area (Å²) in [5.41, 5.74) is 1.74. The first-order valence-corrected chi connectivity index (χ1v) is 10.2. The number of carbonyl (C=O) groups is 2. The Kier molecular flexibility index (Phi) is 8.33. The summed E-state index contributed by atoms with van der Waals surface area (Å²) in [6, 6.07) is 7.22. The van der Waals surface area contributed by atoms with Gasteiger partial charge in [-0.3, -0.25) is 9.59 Å². The first-order valence-electron chi connectivity index (χ1n) is 10.2. The SMILES string of the molecule is C#CCNC(=O)C[C@@H]1C[C@@H](C(C)C)[C@H](CNC(=O)c2ccccc2OC)C=C1C. The third-order valence-corrected chi connectivity index (χ3v) is 5.75. The van der Waals surface area contributed by atoms with Crippen LogP contribution < -0.4 is 15.4 Å². The van der Waals surface area contributed by atoms with Crippen LogP contribution in [0.3, 0.4) is 0 Å². The van der Waals surface area contributed by atoms with E-state index in [0.29, 0.717) is 36.1 Å². The summed E-state index contributed by atoms with van der Waals surface area (Å²) in [6.45, 7) is 7.30. The zero-order chi connectivity index (χ0) is 21.4. The van der Waals surface area contributed by atoms with Crippen LogP contribution in [0.4, 0.5) is 0 Å². The fourth-order valence-electron chi connectivity index (χ4n) is 4.09. The third-order valence-electron chi connectivity index (χ3n) is 5.75. The maximum Gasteiger partial charge on any atom is 0.255 e. The molecule has 0 aliphatic heterocycles. The Morgan fingerprint density at radius 1 is 1.28 bits per heavy atom. The van der Waals surface area contributed by atoms with Gasteiger partial charge in [-0.05, 0) is 49.1 Å². The molecule has 0 saturated carbocycles. The fraction of sp³-hybridized carbons (Fsp3) is 0.500. The number of methoxy groups -OCH3 is 1. The minimum absolute atomic E-state index is 0.00821. The first kappa shape index (κ1) is 22.5. The fourth-order valence-corrected chi connectivity index (χ4v) is 4.09. The molecule has 5 heteroatoms. The number of ether oxygens (including phenoxy) is 1. The second-order valence-corrected chi connectivity index (χ2v) is 8.01. The molecule has 0 saturated heterocycles. The van der Waals surface area contributed by atoms with E-state index in [4.69, 9.17) is 11.2 Å². The highest BCUT2D eigenvalue weighted by molar-refractivity contribution is 5.96. The molecular formula is C24H32N2O3. The van der Waals surface area contributed by atoms with Crippen LogP contribution >= 0.6 is 0 Å². The number of rotatable bonds is 8. The number of para-hydroxylation sites is 1. The van der Waals surface area contributed by atoms with Crippen LogP contribution in [0.1, 0.15) is 44.0 Å². The number of allylic oxidation sites excluding steroid dienone is 1. The predicted molar refractivity (Wildman–Crippen MR) is 115 cm³/mol. The van der Waals surface area contributed by atoms with Crippen molar-refractivity contribution in [3.05, 3.63) is 41.5 Å². The van der Waals surface area contributed by atoms with Crippen molar-refractivity contribution >= 4 is 11.8 Å². The van der Waals surface area contributed by atoms with E-state index in [-0.39, 0.29) is 30.2 Å². The number of nitrogens with one attached hydrogen (secondary N) is 2. The van der Waals surface area contributed by atoms with E-state index in [1.165, 1.54) is 5.57 Å². The lowest BCUT2D eigenvalue weighted by Gasteiger charge is -2.37. The van der Waals surface area contributed by atoms with E-state index in [1.807, 2.05) is 12.1 Å². The molecule has 3 atom stereocenters. The minimum atomic E-state index is -0.133. The Morgan fingerprint density at radius 3 is 2.66 bits per heavy atom.